The van der Waals surface area contributed by atoms with Crippen LogP contribution in [0.15, 0.2) is 42.5 Å². The van der Waals surface area contributed by atoms with Crippen LogP contribution in [0.3, 0.4) is 0 Å². The van der Waals surface area contributed by atoms with Crippen molar-refractivity contribution >= 4 is 29.0 Å². The standard InChI is InChI=1S/C22H29NO2.C22H27NO2.CH4.H2/c2*1-13(2)11-23-20(25)19-18-14(3)6-5-7-15(18)16-8-9-21(4)12-22(16,19)10-17(21)24;;/h5-7,13,16,19H,8-12H2,1-4H3,(H,23,25);5-8,13,19H,9-12H2,1-4H3,(H,23,25);1H4;1H/t16-,19+,21-,22+;19-,21+,22-;;/m01../s1/i;;;1+1D. The molecule has 0 unspecified atom stereocenters. The lowest BCUT2D eigenvalue weighted by atomic mass is 9.60. The number of hydrogen-bond acceptors (Lipinski definition) is 4. The van der Waals surface area contributed by atoms with Gasteiger partial charge in [0.15, 0.2) is 0 Å². The maximum absolute atomic E-state index is 13.3. The van der Waals surface area contributed by atoms with Crippen molar-refractivity contribution in [3.05, 3.63) is 75.9 Å². The summed E-state index contributed by atoms with van der Waals surface area (Å²) in [6, 6.07) is 12.7. The molecule has 0 radical (unpaired) electrons. The van der Waals surface area contributed by atoms with Gasteiger partial charge in [-0.2, -0.15) is 0 Å². The first kappa shape index (κ1) is 35.8. The molecular weight excluding hydrogens is 633 g/mol. The van der Waals surface area contributed by atoms with Gasteiger partial charge in [0, 0.05) is 50.6 Å². The van der Waals surface area contributed by atoms with Crippen molar-refractivity contribution in [1.29, 1.82) is 0 Å². The molecule has 0 heterocycles. The number of benzene rings is 2. The van der Waals surface area contributed by atoms with Crippen LogP contribution in [-0.4, -0.2) is 36.5 Å². The zero-order valence-corrected chi connectivity index (χ0v) is 31.4. The van der Waals surface area contributed by atoms with E-state index in [0.29, 0.717) is 55.3 Å². The van der Waals surface area contributed by atoms with Crippen molar-refractivity contribution in [3.63, 3.8) is 0 Å². The van der Waals surface area contributed by atoms with Gasteiger partial charge in [0.25, 0.3) is 0 Å². The summed E-state index contributed by atoms with van der Waals surface area (Å²) < 4.78 is 10.0. The Morgan fingerprint density at radius 1 is 0.824 bits per heavy atom. The van der Waals surface area contributed by atoms with Crippen LogP contribution in [0.5, 0.6) is 0 Å². The van der Waals surface area contributed by atoms with E-state index in [2.05, 4.69) is 108 Å². The third kappa shape index (κ3) is 5.57. The van der Waals surface area contributed by atoms with E-state index in [-0.39, 0.29) is 52.7 Å². The fraction of sp³-hybridized carbons (Fsp3) is 0.600. The predicted octanol–water partition coefficient (Wildman–Crippen LogP) is 8.99. The maximum atomic E-state index is 13.3. The van der Waals surface area contributed by atoms with E-state index in [4.69, 9.17) is 2.97 Å². The SMILES string of the molecule is C.Cc1cccc2c1[C@H](C(=O)NCC(C)C)[C@@]13CC(=O)[C@@](C)(CC=C21)C3.Cc1cccc2c1[C@H](C(=O)NCC(C)C)[C@@]13CC(=O)[C@@](C)(CC[C@@H]21)C3.[2H][2H]. The van der Waals surface area contributed by atoms with Crippen molar-refractivity contribution in [2.45, 2.75) is 126 Å². The van der Waals surface area contributed by atoms with Gasteiger partial charge in [-0.3, -0.25) is 19.2 Å². The summed E-state index contributed by atoms with van der Waals surface area (Å²) in [6.07, 6.45) is 7.80. The summed E-state index contributed by atoms with van der Waals surface area (Å²) in [5, 5.41) is 6.33. The monoisotopic (exact) mass is 696 g/mol. The molecular formula is C45H62N2O4. The minimum absolute atomic E-state index is 0. The largest absolute Gasteiger partial charge is 0.355 e. The highest BCUT2D eigenvalue weighted by atomic mass is 16.2. The van der Waals surface area contributed by atoms with Crippen LogP contribution >= 0.6 is 0 Å². The van der Waals surface area contributed by atoms with Gasteiger partial charge < -0.3 is 10.6 Å². The number of nitrogens with one attached hydrogen (secondary N) is 2. The van der Waals surface area contributed by atoms with Gasteiger partial charge in [-0.15, -0.1) is 0 Å². The summed E-state index contributed by atoms with van der Waals surface area (Å²) in [5.41, 5.74) is 7.46. The van der Waals surface area contributed by atoms with Crippen LogP contribution in [0.25, 0.3) is 5.57 Å². The Morgan fingerprint density at radius 3 is 2.06 bits per heavy atom. The Bertz CT molecular complexity index is 1830. The average Bonchev–Trinajstić information content (AvgIpc) is 3.68. The highest BCUT2D eigenvalue weighted by molar-refractivity contribution is 6.02. The number of carbonyl (C=O) groups excluding carboxylic acids is 4. The molecule has 3 saturated carbocycles. The summed E-state index contributed by atoms with van der Waals surface area (Å²) >= 11 is 0. The number of rotatable bonds is 6. The highest BCUT2D eigenvalue weighted by Gasteiger charge is 2.67. The van der Waals surface area contributed by atoms with E-state index >= 15 is 0 Å². The van der Waals surface area contributed by atoms with Crippen molar-refractivity contribution in [2.24, 2.45) is 33.5 Å². The second kappa shape index (κ2) is 12.8. The lowest BCUT2D eigenvalue weighted by Gasteiger charge is -2.42. The third-order valence-corrected chi connectivity index (χ3v) is 13.7. The van der Waals surface area contributed by atoms with Crippen LogP contribution in [0.2, 0.25) is 0 Å². The summed E-state index contributed by atoms with van der Waals surface area (Å²) in [7, 11) is 0. The normalized spacial score (nSPS) is 33.5. The fourth-order valence-corrected chi connectivity index (χ4v) is 11.3. The smallest absolute Gasteiger partial charge is 0.228 e. The van der Waals surface area contributed by atoms with Crippen LogP contribution < -0.4 is 10.6 Å². The second-order valence-corrected chi connectivity index (χ2v) is 18.2. The lowest BCUT2D eigenvalue weighted by molar-refractivity contribution is -0.127. The van der Waals surface area contributed by atoms with Crippen molar-refractivity contribution < 1.29 is 22.1 Å². The van der Waals surface area contributed by atoms with Gasteiger partial charge in [0.05, 0.1) is 11.8 Å². The van der Waals surface area contributed by atoms with Crippen LogP contribution in [-0.2, 0) is 19.2 Å². The molecule has 2 aromatic carbocycles. The first-order valence-electron chi connectivity index (χ1n) is 20.1. The van der Waals surface area contributed by atoms with E-state index in [1.807, 2.05) is 0 Å². The zero-order valence-electron chi connectivity index (χ0n) is 33.4. The van der Waals surface area contributed by atoms with Crippen molar-refractivity contribution in [1.82, 2.24) is 10.6 Å². The molecule has 8 rings (SSSR count). The van der Waals surface area contributed by atoms with Gasteiger partial charge in [0.1, 0.15) is 11.6 Å². The topological polar surface area (TPSA) is 92.3 Å². The fourth-order valence-electron chi connectivity index (χ4n) is 11.3. The van der Waals surface area contributed by atoms with E-state index < -0.39 is 0 Å². The van der Waals surface area contributed by atoms with E-state index in [0.717, 1.165) is 43.2 Å². The lowest BCUT2D eigenvalue weighted by Crippen LogP contribution is -2.41. The van der Waals surface area contributed by atoms with Gasteiger partial charge in [0.2, 0.25) is 11.8 Å². The van der Waals surface area contributed by atoms with Gasteiger partial charge in [-0.1, -0.05) is 91.4 Å². The van der Waals surface area contributed by atoms with E-state index in [9.17, 15) is 19.2 Å². The Morgan fingerprint density at radius 2 is 1.41 bits per heavy atom. The first-order chi connectivity index (χ1) is 24.6. The highest BCUT2D eigenvalue weighted by Crippen LogP contribution is 2.72. The third-order valence-electron chi connectivity index (χ3n) is 13.7. The number of allylic oxidation sites excluding steroid dienone is 2. The summed E-state index contributed by atoms with van der Waals surface area (Å²) in [6.45, 7) is 18.2. The molecule has 0 aliphatic heterocycles. The minimum Gasteiger partial charge on any atom is -0.355 e. The van der Waals surface area contributed by atoms with E-state index in [1.165, 1.54) is 27.8 Å². The maximum Gasteiger partial charge on any atom is 0.228 e. The summed E-state index contributed by atoms with van der Waals surface area (Å²) in [4.78, 5) is 52.2. The molecule has 6 aliphatic rings. The number of amides is 2. The molecule has 0 saturated heterocycles. The van der Waals surface area contributed by atoms with Crippen molar-refractivity contribution in [3.8, 4) is 0 Å². The molecule has 2 aromatic rings. The van der Waals surface area contributed by atoms with Gasteiger partial charge >= 0.3 is 0 Å². The molecule has 6 aliphatic carbocycles. The molecule has 2 amide bonds. The second-order valence-electron chi connectivity index (χ2n) is 18.2. The van der Waals surface area contributed by atoms with Crippen LogP contribution in [0, 0.1) is 47.3 Å². The Kier molecular flexibility index (Phi) is 9.03. The molecule has 2 spiro atoms. The van der Waals surface area contributed by atoms with Crippen LogP contribution in [0.1, 0.15) is 148 Å². The van der Waals surface area contributed by atoms with Gasteiger partial charge in [-0.05, 0) is 103 Å². The number of ketones is 2. The first-order valence-corrected chi connectivity index (χ1v) is 19.1. The Labute approximate surface area is 309 Å². The number of fused-ring (bicyclic) bond motifs is 6. The number of carbonyl (C=O) groups is 4. The molecule has 276 valence electrons. The zero-order chi connectivity index (χ0) is 38.0. The van der Waals surface area contributed by atoms with Gasteiger partial charge in [-0.25, -0.2) is 0 Å². The number of hydrogen-bond donors (Lipinski definition) is 2. The quantitative estimate of drug-likeness (QED) is 0.315. The molecule has 3 fully saturated rings. The van der Waals surface area contributed by atoms with Crippen molar-refractivity contribution in [2.75, 3.05) is 13.1 Å². The van der Waals surface area contributed by atoms with E-state index in [1.54, 1.807) is 0 Å². The molecule has 7 atom stereocenters. The molecule has 4 bridgehead atoms. The average molecular weight is 697 g/mol. The summed E-state index contributed by atoms with van der Waals surface area (Å²) in [5.74, 6) is 1.72. The Hall–Kier alpha value is -3.54. The molecule has 2 N–H and O–H groups in total. The molecule has 51 heavy (non-hydrogen) atoms. The number of Topliss-reactive ketones (excluding diaryl/α,β-unsaturated/α-hetero) is 2. The Balaban J connectivity index is 0.000000192. The molecule has 0 aromatic heterocycles. The van der Waals surface area contributed by atoms with Crippen LogP contribution in [0.4, 0.5) is 0 Å². The molecule has 6 nitrogen and oxygen atoms in total. The minimum atomic E-state index is -0.334. The molecule has 6 heteroatoms. The number of aryl methyl sites for hydroxylation is 2. The predicted molar refractivity (Wildman–Crippen MR) is 207 cm³/mol.